The lowest BCUT2D eigenvalue weighted by atomic mass is 10.1. The first kappa shape index (κ1) is 16.5. The summed E-state index contributed by atoms with van der Waals surface area (Å²) in [5.74, 6) is 3.51. The number of hydrogen-bond donors (Lipinski definition) is 0. The van der Waals surface area contributed by atoms with Gasteiger partial charge in [0.25, 0.3) is 0 Å². The van der Waals surface area contributed by atoms with Gasteiger partial charge in [0.2, 0.25) is 0 Å². The number of morpholine rings is 1. The van der Waals surface area contributed by atoms with Crippen molar-refractivity contribution in [2.45, 2.75) is 19.4 Å². The smallest absolute Gasteiger partial charge is 0.186 e. The fourth-order valence-corrected chi connectivity index (χ4v) is 4.02. The van der Waals surface area contributed by atoms with Gasteiger partial charge >= 0.3 is 0 Å². The van der Waals surface area contributed by atoms with E-state index in [-0.39, 0.29) is 6.04 Å². The number of nitrogens with zero attached hydrogens (tertiary/aromatic N) is 5. The van der Waals surface area contributed by atoms with Crippen LogP contribution in [-0.4, -0.2) is 39.6 Å². The molecule has 0 spiro atoms. The Hall–Kier alpha value is -2.71. The van der Waals surface area contributed by atoms with E-state index >= 15 is 0 Å². The number of hydrogen-bond acceptors (Lipinski definition) is 7. The molecule has 0 radical (unpaired) electrons. The fraction of sp³-hybridized carbons (Fsp3) is 0.316. The first-order chi connectivity index (χ1) is 13.3. The lowest BCUT2D eigenvalue weighted by Gasteiger charge is -2.35. The number of anilines is 1. The van der Waals surface area contributed by atoms with Gasteiger partial charge in [-0.3, -0.25) is 0 Å². The topological polar surface area (TPSA) is 68.7 Å². The molecule has 27 heavy (non-hydrogen) atoms. The maximum absolute atomic E-state index is 6.00. The summed E-state index contributed by atoms with van der Waals surface area (Å²) in [6.45, 7) is 4.08. The molecule has 138 valence electrons. The first-order valence-electron chi connectivity index (χ1n) is 9.01. The van der Waals surface area contributed by atoms with Crippen LogP contribution in [0.4, 0.5) is 5.82 Å². The largest absolute Gasteiger partial charge is 0.464 e. The Kier molecular flexibility index (Phi) is 4.14. The lowest BCUT2D eigenvalue weighted by molar-refractivity contribution is 0.0868. The van der Waals surface area contributed by atoms with Crippen molar-refractivity contribution in [1.82, 2.24) is 19.8 Å². The van der Waals surface area contributed by atoms with Gasteiger partial charge in [-0.15, -0.1) is 15.3 Å². The summed E-state index contributed by atoms with van der Waals surface area (Å²) in [6.07, 6.45) is 0.877. The third-order valence-corrected chi connectivity index (χ3v) is 5.49. The third kappa shape index (κ3) is 2.90. The Bertz CT molecular complexity index is 1060. The van der Waals surface area contributed by atoms with Gasteiger partial charge in [-0.2, -0.15) is 15.9 Å². The first-order valence-corrected chi connectivity index (χ1v) is 9.96. The molecule has 0 saturated carbocycles. The van der Waals surface area contributed by atoms with Gasteiger partial charge in [0.1, 0.15) is 17.6 Å². The fourth-order valence-electron chi connectivity index (χ4n) is 3.38. The number of furan rings is 1. The summed E-state index contributed by atoms with van der Waals surface area (Å²) in [5, 5.41) is 17.5. The number of fused-ring (bicyclic) bond motifs is 1. The van der Waals surface area contributed by atoms with Crippen LogP contribution in [0.25, 0.3) is 17.0 Å². The summed E-state index contributed by atoms with van der Waals surface area (Å²) in [6, 6.07) is 10.1. The van der Waals surface area contributed by atoms with Crippen molar-refractivity contribution in [3.63, 3.8) is 0 Å². The minimum absolute atomic E-state index is 0.00470. The van der Waals surface area contributed by atoms with Crippen molar-refractivity contribution >= 4 is 22.8 Å². The summed E-state index contributed by atoms with van der Waals surface area (Å²) >= 11 is 1.63. The molecule has 1 fully saturated rings. The second kappa shape index (κ2) is 6.79. The lowest BCUT2D eigenvalue weighted by Crippen LogP contribution is -2.40. The van der Waals surface area contributed by atoms with Crippen LogP contribution in [0.1, 0.15) is 24.5 Å². The van der Waals surface area contributed by atoms with E-state index in [1.54, 1.807) is 11.3 Å². The predicted octanol–water partition coefficient (Wildman–Crippen LogP) is 3.59. The Balaban J connectivity index is 1.55. The highest BCUT2D eigenvalue weighted by Crippen LogP contribution is 2.30. The molecule has 8 heteroatoms. The molecule has 0 amide bonds. The summed E-state index contributed by atoms with van der Waals surface area (Å²) in [5.41, 5.74) is 1.75. The van der Waals surface area contributed by atoms with Crippen LogP contribution in [-0.2, 0) is 11.2 Å². The average Bonchev–Trinajstić information content (AvgIpc) is 3.47. The number of aryl methyl sites for hydroxylation is 1. The number of rotatable bonds is 4. The van der Waals surface area contributed by atoms with Crippen molar-refractivity contribution < 1.29 is 9.15 Å². The zero-order valence-electron chi connectivity index (χ0n) is 14.9. The van der Waals surface area contributed by atoms with E-state index in [1.165, 1.54) is 0 Å². The van der Waals surface area contributed by atoms with Crippen LogP contribution in [0.2, 0.25) is 0 Å². The average molecular weight is 381 g/mol. The highest BCUT2D eigenvalue weighted by atomic mass is 32.1. The molecule has 0 N–H and O–H groups in total. The quantitative estimate of drug-likeness (QED) is 0.538. The van der Waals surface area contributed by atoms with Crippen LogP contribution in [0.5, 0.6) is 0 Å². The summed E-state index contributed by atoms with van der Waals surface area (Å²) in [4.78, 5) is 2.23. The van der Waals surface area contributed by atoms with E-state index in [9.17, 15) is 0 Å². The zero-order valence-corrected chi connectivity index (χ0v) is 15.7. The van der Waals surface area contributed by atoms with Crippen LogP contribution in [0, 0.1) is 0 Å². The molecule has 4 aromatic heterocycles. The molecule has 4 aromatic rings. The number of ether oxygens (including phenoxy) is 1. The molecule has 5 rings (SSSR count). The van der Waals surface area contributed by atoms with E-state index in [2.05, 4.69) is 27.4 Å². The number of aromatic nitrogens is 4. The van der Waals surface area contributed by atoms with Crippen molar-refractivity contribution in [2.75, 3.05) is 24.7 Å². The molecule has 0 bridgehead atoms. The van der Waals surface area contributed by atoms with Gasteiger partial charge in [-0.05, 0) is 35.7 Å². The molecular formula is C19H19N5O2S. The standard InChI is InChI=1S/C19H19N5O2S/c1-2-14-3-4-16(26-14)15-11-25-9-8-23(15)18-6-5-17-20-21-19(24(17)22-18)13-7-10-27-12-13/h3-7,10,12,15H,2,8-9,11H2,1H3. The molecule has 1 unspecified atom stereocenters. The Labute approximate surface area is 160 Å². The molecule has 1 atom stereocenters. The van der Waals surface area contributed by atoms with Crippen LogP contribution in [0.3, 0.4) is 0 Å². The maximum atomic E-state index is 6.00. The van der Waals surface area contributed by atoms with E-state index < -0.39 is 0 Å². The molecule has 0 aromatic carbocycles. The van der Waals surface area contributed by atoms with Gasteiger partial charge in [0.05, 0.1) is 13.2 Å². The highest BCUT2D eigenvalue weighted by molar-refractivity contribution is 7.08. The molecule has 0 aliphatic carbocycles. The molecule has 5 heterocycles. The Morgan fingerprint density at radius 3 is 2.96 bits per heavy atom. The molecule has 1 aliphatic rings. The van der Waals surface area contributed by atoms with Gasteiger partial charge in [0.15, 0.2) is 17.3 Å². The minimum Gasteiger partial charge on any atom is -0.464 e. The van der Waals surface area contributed by atoms with Gasteiger partial charge < -0.3 is 14.1 Å². The summed E-state index contributed by atoms with van der Waals surface area (Å²) < 4.78 is 13.5. The van der Waals surface area contributed by atoms with Crippen LogP contribution < -0.4 is 4.90 Å². The zero-order chi connectivity index (χ0) is 18.2. The van der Waals surface area contributed by atoms with Crippen molar-refractivity contribution in [3.8, 4) is 11.4 Å². The van der Waals surface area contributed by atoms with Gasteiger partial charge in [0, 0.05) is 23.9 Å². The SMILES string of the molecule is CCc1ccc(C2COCCN2c2ccc3nnc(-c4ccsc4)n3n2)o1. The Morgan fingerprint density at radius 2 is 2.15 bits per heavy atom. The van der Waals surface area contributed by atoms with E-state index in [1.807, 2.05) is 40.2 Å². The molecule has 7 nitrogen and oxygen atoms in total. The summed E-state index contributed by atoms with van der Waals surface area (Å²) in [7, 11) is 0. The van der Waals surface area contributed by atoms with E-state index in [4.69, 9.17) is 14.3 Å². The predicted molar refractivity (Wildman–Crippen MR) is 103 cm³/mol. The minimum atomic E-state index is 0.00470. The molecule has 1 aliphatic heterocycles. The maximum Gasteiger partial charge on any atom is 0.186 e. The third-order valence-electron chi connectivity index (χ3n) is 4.81. The van der Waals surface area contributed by atoms with E-state index in [0.717, 1.165) is 47.3 Å². The van der Waals surface area contributed by atoms with Crippen molar-refractivity contribution in [1.29, 1.82) is 0 Å². The van der Waals surface area contributed by atoms with Crippen LogP contribution >= 0.6 is 11.3 Å². The monoisotopic (exact) mass is 381 g/mol. The van der Waals surface area contributed by atoms with Crippen molar-refractivity contribution in [3.05, 3.63) is 52.6 Å². The molecular weight excluding hydrogens is 362 g/mol. The van der Waals surface area contributed by atoms with Crippen LogP contribution in [0.15, 0.2) is 45.5 Å². The Morgan fingerprint density at radius 1 is 1.19 bits per heavy atom. The highest BCUT2D eigenvalue weighted by Gasteiger charge is 2.29. The molecule has 1 saturated heterocycles. The van der Waals surface area contributed by atoms with Crippen molar-refractivity contribution in [2.24, 2.45) is 0 Å². The number of thiophene rings is 1. The second-order valence-corrected chi connectivity index (χ2v) is 7.22. The van der Waals surface area contributed by atoms with Gasteiger partial charge in [-0.1, -0.05) is 6.92 Å². The van der Waals surface area contributed by atoms with E-state index in [0.29, 0.717) is 13.2 Å². The van der Waals surface area contributed by atoms with Gasteiger partial charge in [-0.25, -0.2) is 0 Å². The second-order valence-electron chi connectivity index (χ2n) is 6.44. The normalized spacial score (nSPS) is 17.7.